The molecule has 1 rings (SSSR count). The van der Waals surface area contributed by atoms with E-state index in [1.807, 2.05) is 0 Å². The van der Waals surface area contributed by atoms with Crippen molar-refractivity contribution in [3.63, 3.8) is 0 Å². The summed E-state index contributed by atoms with van der Waals surface area (Å²) in [7, 11) is 0. The van der Waals surface area contributed by atoms with Crippen LogP contribution in [0.25, 0.3) is 0 Å². The Morgan fingerprint density at radius 2 is 1.67 bits per heavy atom. The summed E-state index contributed by atoms with van der Waals surface area (Å²) >= 11 is 3.47. The van der Waals surface area contributed by atoms with E-state index in [2.05, 4.69) is 59.4 Å². The molecule has 1 aromatic rings. The fourth-order valence-electron chi connectivity index (χ4n) is 1.97. The van der Waals surface area contributed by atoms with Crippen LogP contribution in [0.5, 0.6) is 0 Å². The highest BCUT2D eigenvalue weighted by Gasteiger charge is 1.95. The fourth-order valence-corrected chi connectivity index (χ4v) is 2.24. The molecule has 0 heterocycles. The number of halogens is 1. The molecular formula is C16H26BrN. The SMILES string of the molecule is CC(C)CNCCCCCCc1ccc(Br)cc1. The van der Waals surface area contributed by atoms with Gasteiger partial charge in [-0.25, -0.2) is 0 Å². The molecule has 0 bridgehead atoms. The highest BCUT2D eigenvalue weighted by molar-refractivity contribution is 9.10. The maximum Gasteiger partial charge on any atom is 0.0175 e. The summed E-state index contributed by atoms with van der Waals surface area (Å²) in [5, 5.41) is 3.49. The molecular weight excluding hydrogens is 286 g/mol. The Kier molecular flexibility index (Phi) is 8.36. The lowest BCUT2D eigenvalue weighted by molar-refractivity contribution is 0.526. The van der Waals surface area contributed by atoms with Crippen LogP contribution in [0.2, 0.25) is 0 Å². The van der Waals surface area contributed by atoms with Gasteiger partial charge in [0.2, 0.25) is 0 Å². The van der Waals surface area contributed by atoms with E-state index >= 15 is 0 Å². The molecule has 0 aromatic heterocycles. The Hall–Kier alpha value is -0.340. The number of nitrogens with one attached hydrogen (secondary N) is 1. The zero-order valence-electron chi connectivity index (χ0n) is 11.7. The third-order valence-corrected chi connectivity index (χ3v) is 3.56. The van der Waals surface area contributed by atoms with Gasteiger partial charge in [0.1, 0.15) is 0 Å². The van der Waals surface area contributed by atoms with Crippen LogP contribution in [-0.2, 0) is 6.42 Å². The van der Waals surface area contributed by atoms with Gasteiger partial charge in [0, 0.05) is 4.47 Å². The predicted molar refractivity (Wildman–Crippen MR) is 84.0 cm³/mol. The summed E-state index contributed by atoms with van der Waals surface area (Å²) in [4.78, 5) is 0. The molecule has 0 spiro atoms. The van der Waals surface area contributed by atoms with Crippen molar-refractivity contribution >= 4 is 15.9 Å². The van der Waals surface area contributed by atoms with Crippen molar-refractivity contribution in [1.82, 2.24) is 5.32 Å². The molecule has 1 nitrogen and oxygen atoms in total. The second-order valence-corrected chi connectivity index (χ2v) is 6.30. The van der Waals surface area contributed by atoms with E-state index in [1.54, 1.807) is 0 Å². The molecule has 2 heteroatoms. The van der Waals surface area contributed by atoms with Crippen LogP contribution in [0.15, 0.2) is 28.7 Å². The first-order chi connectivity index (χ1) is 8.68. The van der Waals surface area contributed by atoms with Crippen molar-refractivity contribution in [3.05, 3.63) is 34.3 Å². The quantitative estimate of drug-likeness (QED) is 0.646. The standard InChI is InChI=1S/C16H26BrN/c1-14(2)13-18-12-6-4-3-5-7-15-8-10-16(17)11-9-15/h8-11,14,18H,3-7,12-13H2,1-2H3. The van der Waals surface area contributed by atoms with Gasteiger partial charge < -0.3 is 5.32 Å². The topological polar surface area (TPSA) is 12.0 Å². The van der Waals surface area contributed by atoms with Gasteiger partial charge in [-0.2, -0.15) is 0 Å². The highest BCUT2D eigenvalue weighted by Crippen LogP contribution is 2.13. The number of hydrogen-bond donors (Lipinski definition) is 1. The first kappa shape index (κ1) is 15.7. The average Bonchev–Trinajstić information content (AvgIpc) is 2.34. The molecule has 0 aliphatic heterocycles. The summed E-state index contributed by atoms with van der Waals surface area (Å²) in [6, 6.07) is 8.69. The second-order valence-electron chi connectivity index (χ2n) is 5.39. The fraction of sp³-hybridized carbons (Fsp3) is 0.625. The Morgan fingerprint density at radius 3 is 2.33 bits per heavy atom. The molecule has 0 radical (unpaired) electrons. The van der Waals surface area contributed by atoms with Gasteiger partial charge in [0.25, 0.3) is 0 Å². The highest BCUT2D eigenvalue weighted by atomic mass is 79.9. The molecule has 102 valence electrons. The molecule has 1 N–H and O–H groups in total. The molecule has 0 aliphatic carbocycles. The van der Waals surface area contributed by atoms with E-state index in [1.165, 1.54) is 48.7 Å². The van der Waals surface area contributed by atoms with Gasteiger partial charge in [-0.3, -0.25) is 0 Å². The van der Waals surface area contributed by atoms with Gasteiger partial charge in [-0.05, 0) is 56.0 Å². The number of aryl methyl sites for hydroxylation is 1. The third kappa shape index (κ3) is 7.88. The van der Waals surface area contributed by atoms with Crippen LogP contribution < -0.4 is 5.32 Å². The van der Waals surface area contributed by atoms with E-state index in [0.717, 1.165) is 12.5 Å². The first-order valence-corrected chi connectivity index (χ1v) is 7.93. The predicted octanol–water partition coefficient (Wildman–Crippen LogP) is 4.80. The van der Waals surface area contributed by atoms with Gasteiger partial charge in [0.05, 0.1) is 0 Å². The van der Waals surface area contributed by atoms with Crippen molar-refractivity contribution in [1.29, 1.82) is 0 Å². The van der Waals surface area contributed by atoms with E-state index in [4.69, 9.17) is 0 Å². The van der Waals surface area contributed by atoms with Crippen molar-refractivity contribution in [2.45, 2.75) is 46.0 Å². The molecule has 0 saturated heterocycles. The van der Waals surface area contributed by atoms with Crippen LogP contribution in [-0.4, -0.2) is 13.1 Å². The maximum absolute atomic E-state index is 3.49. The second kappa shape index (κ2) is 9.57. The number of benzene rings is 1. The molecule has 0 unspecified atom stereocenters. The lowest BCUT2D eigenvalue weighted by Crippen LogP contribution is -2.20. The summed E-state index contributed by atoms with van der Waals surface area (Å²) in [6.45, 7) is 6.84. The lowest BCUT2D eigenvalue weighted by Gasteiger charge is -2.07. The molecule has 0 amide bonds. The summed E-state index contributed by atoms with van der Waals surface area (Å²) in [6.07, 6.45) is 6.53. The minimum absolute atomic E-state index is 0.766. The molecule has 18 heavy (non-hydrogen) atoms. The monoisotopic (exact) mass is 311 g/mol. The van der Waals surface area contributed by atoms with Crippen molar-refractivity contribution in [2.24, 2.45) is 5.92 Å². The Bertz CT molecular complexity index is 305. The smallest absolute Gasteiger partial charge is 0.0175 e. The molecule has 1 aromatic carbocycles. The molecule has 0 aliphatic rings. The summed E-state index contributed by atoms with van der Waals surface area (Å²) in [5.74, 6) is 0.766. The van der Waals surface area contributed by atoms with Crippen molar-refractivity contribution < 1.29 is 0 Å². The van der Waals surface area contributed by atoms with Crippen LogP contribution in [0.1, 0.15) is 45.1 Å². The summed E-state index contributed by atoms with van der Waals surface area (Å²) in [5.41, 5.74) is 1.45. The third-order valence-electron chi connectivity index (χ3n) is 3.03. The zero-order chi connectivity index (χ0) is 13.2. The van der Waals surface area contributed by atoms with Crippen molar-refractivity contribution in [3.8, 4) is 0 Å². The normalized spacial score (nSPS) is 11.1. The van der Waals surface area contributed by atoms with Gasteiger partial charge in [-0.15, -0.1) is 0 Å². The van der Waals surface area contributed by atoms with Crippen molar-refractivity contribution in [2.75, 3.05) is 13.1 Å². The first-order valence-electron chi connectivity index (χ1n) is 7.13. The molecule has 0 saturated carbocycles. The Labute approximate surface area is 120 Å². The molecule has 0 fully saturated rings. The number of hydrogen-bond acceptors (Lipinski definition) is 1. The average molecular weight is 312 g/mol. The van der Waals surface area contributed by atoms with Gasteiger partial charge in [-0.1, -0.05) is 54.8 Å². The van der Waals surface area contributed by atoms with Crippen LogP contribution in [0.4, 0.5) is 0 Å². The minimum atomic E-state index is 0.766. The summed E-state index contributed by atoms with van der Waals surface area (Å²) < 4.78 is 1.17. The van der Waals surface area contributed by atoms with E-state index in [-0.39, 0.29) is 0 Å². The Morgan fingerprint density at radius 1 is 1.00 bits per heavy atom. The number of unbranched alkanes of at least 4 members (excludes halogenated alkanes) is 3. The van der Waals surface area contributed by atoms with Gasteiger partial charge in [0.15, 0.2) is 0 Å². The van der Waals surface area contributed by atoms with Crippen LogP contribution >= 0.6 is 15.9 Å². The van der Waals surface area contributed by atoms with E-state index in [9.17, 15) is 0 Å². The lowest BCUT2D eigenvalue weighted by atomic mass is 10.1. The van der Waals surface area contributed by atoms with Crippen LogP contribution in [0, 0.1) is 5.92 Å². The zero-order valence-corrected chi connectivity index (χ0v) is 13.3. The largest absolute Gasteiger partial charge is 0.316 e. The Balaban J connectivity index is 1.94. The van der Waals surface area contributed by atoms with Gasteiger partial charge >= 0.3 is 0 Å². The van der Waals surface area contributed by atoms with E-state index < -0.39 is 0 Å². The maximum atomic E-state index is 3.49. The molecule has 0 atom stereocenters. The minimum Gasteiger partial charge on any atom is -0.316 e. The number of rotatable bonds is 9. The van der Waals surface area contributed by atoms with E-state index in [0.29, 0.717) is 0 Å². The van der Waals surface area contributed by atoms with Crippen LogP contribution in [0.3, 0.4) is 0 Å².